The lowest BCUT2D eigenvalue weighted by Gasteiger charge is -2.27. The number of aryl methyl sites for hydroxylation is 1. The molecule has 0 aliphatic carbocycles. The van der Waals surface area contributed by atoms with Crippen LogP contribution in [0, 0.1) is 18.3 Å². The van der Waals surface area contributed by atoms with Crippen LogP contribution >= 0.6 is 0 Å². The summed E-state index contributed by atoms with van der Waals surface area (Å²) in [6.07, 6.45) is 1.63. The number of imide groups is 2. The number of anilines is 1. The molecule has 1 fully saturated rings. The maximum atomic E-state index is 12.3. The van der Waals surface area contributed by atoms with Gasteiger partial charge < -0.3 is 5.32 Å². The highest BCUT2D eigenvalue weighted by Crippen LogP contribution is 2.17. The lowest BCUT2D eigenvalue weighted by molar-refractivity contribution is -0.148. The Kier molecular flexibility index (Phi) is 5.86. The summed E-state index contributed by atoms with van der Waals surface area (Å²) in [6, 6.07) is 6.25. The normalized spacial score (nSPS) is 17.1. The molecule has 8 nitrogen and oxygen atoms in total. The minimum atomic E-state index is -1.01. The molecule has 0 saturated carbocycles. The smallest absolute Gasteiger partial charge is 0.255 e. The van der Waals surface area contributed by atoms with Crippen molar-refractivity contribution in [3.05, 3.63) is 41.1 Å². The Bertz CT molecular complexity index is 838. The van der Waals surface area contributed by atoms with Gasteiger partial charge in [0.15, 0.2) is 0 Å². The van der Waals surface area contributed by atoms with Gasteiger partial charge in [0.2, 0.25) is 18.2 Å². The fourth-order valence-electron chi connectivity index (χ4n) is 2.57. The van der Waals surface area contributed by atoms with E-state index in [1.807, 2.05) is 6.92 Å². The number of nitrogens with zero attached hydrogens (tertiary/aromatic N) is 2. The number of piperidine rings is 1. The van der Waals surface area contributed by atoms with Crippen molar-refractivity contribution in [3.8, 4) is 6.07 Å². The molecule has 134 valence electrons. The van der Waals surface area contributed by atoms with E-state index in [1.165, 1.54) is 6.08 Å². The van der Waals surface area contributed by atoms with Crippen LogP contribution < -0.4 is 10.6 Å². The van der Waals surface area contributed by atoms with Gasteiger partial charge in [-0.15, -0.1) is 0 Å². The second-order valence-corrected chi connectivity index (χ2v) is 5.91. The predicted octanol–water partition coefficient (Wildman–Crippen LogP) is 0.973. The molecule has 0 bridgehead atoms. The number of benzene rings is 1. The maximum Gasteiger partial charge on any atom is 0.255 e. The van der Waals surface area contributed by atoms with Crippen LogP contribution in [0.25, 0.3) is 0 Å². The number of nitrogens with one attached hydrogen (secondary N) is 2. The van der Waals surface area contributed by atoms with E-state index in [0.717, 1.165) is 10.5 Å². The van der Waals surface area contributed by atoms with E-state index in [2.05, 4.69) is 16.7 Å². The first-order chi connectivity index (χ1) is 12.3. The summed E-state index contributed by atoms with van der Waals surface area (Å²) in [7, 11) is 0. The largest absolute Gasteiger partial charge is 0.359 e. The van der Waals surface area contributed by atoms with Crippen LogP contribution in [0.4, 0.5) is 5.69 Å². The Labute approximate surface area is 150 Å². The summed E-state index contributed by atoms with van der Waals surface area (Å²) in [5.41, 5.74) is 2.39. The molecule has 1 unspecified atom stereocenters. The van der Waals surface area contributed by atoms with Crippen LogP contribution in [0.5, 0.6) is 0 Å². The van der Waals surface area contributed by atoms with Crippen molar-refractivity contribution in [2.45, 2.75) is 32.7 Å². The number of carbonyl (C=O) groups is 4. The number of amides is 4. The van der Waals surface area contributed by atoms with E-state index in [-0.39, 0.29) is 19.3 Å². The first-order valence-corrected chi connectivity index (χ1v) is 7.93. The Morgan fingerprint density at radius 3 is 2.77 bits per heavy atom. The molecule has 1 aliphatic rings. The molecule has 1 heterocycles. The Balaban J connectivity index is 2.12. The third kappa shape index (κ3) is 4.33. The van der Waals surface area contributed by atoms with Gasteiger partial charge in [-0.2, -0.15) is 5.26 Å². The summed E-state index contributed by atoms with van der Waals surface area (Å²) in [4.78, 5) is 47.4. The summed E-state index contributed by atoms with van der Waals surface area (Å²) in [5.74, 6) is -1.77. The van der Waals surface area contributed by atoms with Crippen LogP contribution in [0.2, 0.25) is 0 Å². The monoisotopic (exact) mass is 354 g/mol. The van der Waals surface area contributed by atoms with Gasteiger partial charge in [-0.05, 0) is 38.0 Å². The minimum absolute atomic E-state index is 0.0648. The van der Waals surface area contributed by atoms with Crippen molar-refractivity contribution in [1.29, 1.82) is 5.26 Å². The molecular weight excluding hydrogens is 336 g/mol. The number of carbonyl (C=O) groups excluding carboxylic acids is 4. The standard InChI is InChI=1S/C18H18N4O4/c1-11-3-4-14(8-13(11)9-19)20-12(2)7-17(25)22(10-23)15-5-6-16(24)21-18(15)26/h3-4,7-8,10,15,20H,5-6H2,1-2H3,(H,21,24,26)/b12-7+. The Morgan fingerprint density at radius 2 is 2.15 bits per heavy atom. The molecule has 1 atom stereocenters. The third-order valence-electron chi connectivity index (χ3n) is 3.95. The van der Waals surface area contributed by atoms with Gasteiger partial charge in [-0.25, -0.2) is 0 Å². The molecule has 2 N–H and O–H groups in total. The van der Waals surface area contributed by atoms with E-state index in [4.69, 9.17) is 5.26 Å². The van der Waals surface area contributed by atoms with Crippen molar-refractivity contribution >= 4 is 29.8 Å². The predicted molar refractivity (Wildman–Crippen MR) is 92.4 cm³/mol. The molecule has 1 saturated heterocycles. The van der Waals surface area contributed by atoms with Gasteiger partial charge in [0.25, 0.3) is 5.91 Å². The van der Waals surface area contributed by atoms with E-state index in [9.17, 15) is 19.2 Å². The second kappa shape index (κ2) is 8.07. The first kappa shape index (κ1) is 18.9. The summed E-state index contributed by atoms with van der Waals surface area (Å²) >= 11 is 0. The van der Waals surface area contributed by atoms with Crippen LogP contribution in [-0.2, 0) is 19.2 Å². The van der Waals surface area contributed by atoms with Crippen molar-refractivity contribution in [1.82, 2.24) is 10.2 Å². The van der Waals surface area contributed by atoms with Crippen LogP contribution in [-0.4, -0.2) is 35.1 Å². The van der Waals surface area contributed by atoms with Gasteiger partial charge in [-0.1, -0.05) is 6.07 Å². The maximum absolute atomic E-state index is 12.3. The third-order valence-corrected chi connectivity index (χ3v) is 3.95. The SMILES string of the molecule is C/C(=C\C(=O)N(C=O)C1CCC(=O)NC1=O)Nc1ccc(C)c(C#N)c1. The van der Waals surface area contributed by atoms with E-state index in [1.54, 1.807) is 25.1 Å². The lowest BCUT2D eigenvalue weighted by Crippen LogP contribution is -2.53. The molecule has 1 aromatic rings. The van der Waals surface area contributed by atoms with E-state index < -0.39 is 23.8 Å². The van der Waals surface area contributed by atoms with Crippen LogP contribution in [0.1, 0.15) is 30.9 Å². The number of hydrogen-bond donors (Lipinski definition) is 2. The number of hydrogen-bond acceptors (Lipinski definition) is 6. The average Bonchev–Trinajstić information content (AvgIpc) is 2.59. The molecule has 8 heteroatoms. The highest BCUT2D eigenvalue weighted by atomic mass is 16.2. The summed E-state index contributed by atoms with van der Waals surface area (Å²) in [6.45, 7) is 3.44. The molecule has 0 aromatic heterocycles. The van der Waals surface area contributed by atoms with Crippen LogP contribution in [0.15, 0.2) is 30.0 Å². The number of allylic oxidation sites excluding steroid dienone is 1. The molecule has 1 aliphatic heterocycles. The number of nitriles is 1. The van der Waals surface area contributed by atoms with Crippen molar-refractivity contribution in [3.63, 3.8) is 0 Å². The minimum Gasteiger partial charge on any atom is -0.359 e. The van der Waals surface area contributed by atoms with E-state index in [0.29, 0.717) is 16.9 Å². The highest BCUT2D eigenvalue weighted by Gasteiger charge is 2.33. The van der Waals surface area contributed by atoms with Gasteiger partial charge in [0.05, 0.1) is 11.6 Å². The molecule has 4 amide bonds. The molecule has 2 rings (SSSR count). The van der Waals surface area contributed by atoms with Crippen molar-refractivity contribution < 1.29 is 19.2 Å². The zero-order valence-electron chi connectivity index (χ0n) is 14.4. The fraction of sp³-hybridized carbons (Fsp3) is 0.278. The summed E-state index contributed by atoms with van der Waals surface area (Å²) in [5, 5.41) is 14.1. The molecule has 26 heavy (non-hydrogen) atoms. The van der Waals surface area contributed by atoms with Crippen molar-refractivity contribution in [2.75, 3.05) is 5.32 Å². The molecule has 0 spiro atoms. The van der Waals surface area contributed by atoms with Gasteiger partial charge in [0.1, 0.15) is 6.04 Å². The zero-order valence-corrected chi connectivity index (χ0v) is 14.4. The molecule has 0 radical (unpaired) electrons. The van der Waals surface area contributed by atoms with E-state index >= 15 is 0 Å². The Hall–Kier alpha value is -3.47. The fourth-order valence-corrected chi connectivity index (χ4v) is 2.57. The quantitative estimate of drug-likeness (QED) is 0.462. The molecular formula is C18H18N4O4. The Morgan fingerprint density at radius 1 is 1.42 bits per heavy atom. The molecule has 1 aromatic carbocycles. The second-order valence-electron chi connectivity index (χ2n) is 5.91. The first-order valence-electron chi connectivity index (χ1n) is 7.93. The van der Waals surface area contributed by atoms with Crippen molar-refractivity contribution in [2.24, 2.45) is 0 Å². The topological polar surface area (TPSA) is 119 Å². The zero-order chi connectivity index (χ0) is 19.3. The highest BCUT2D eigenvalue weighted by molar-refractivity contribution is 6.05. The summed E-state index contributed by atoms with van der Waals surface area (Å²) < 4.78 is 0. The lowest BCUT2D eigenvalue weighted by atomic mass is 10.0. The van der Waals surface area contributed by atoms with Gasteiger partial charge >= 0.3 is 0 Å². The van der Waals surface area contributed by atoms with Crippen LogP contribution in [0.3, 0.4) is 0 Å². The number of rotatable bonds is 5. The van der Waals surface area contributed by atoms with Gasteiger partial charge in [-0.3, -0.25) is 29.4 Å². The van der Waals surface area contributed by atoms with Gasteiger partial charge in [0, 0.05) is 23.9 Å². The average molecular weight is 354 g/mol.